The Morgan fingerprint density at radius 3 is 2.32 bits per heavy atom. The van der Waals surface area contributed by atoms with E-state index < -0.39 is 17.7 Å². The molecule has 0 saturated carbocycles. The van der Waals surface area contributed by atoms with Gasteiger partial charge in [0.05, 0.1) is 11.7 Å². The van der Waals surface area contributed by atoms with E-state index in [4.69, 9.17) is 5.73 Å². The van der Waals surface area contributed by atoms with Crippen LogP contribution in [0.4, 0.5) is 8.78 Å². The van der Waals surface area contributed by atoms with Gasteiger partial charge in [-0.25, -0.2) is 8.78 Å². The number of aromatic nitrogens is 2. The number of hydrogen-bond acceptors (Lipinski definition) is 2. The molecule has 0 aliphatic rings. The molecule has 5 heteroatoms. The predicted octanol–water partition coefficient (Wildman–Crippen LogP) is 2.67. The molecule has 1 unspecified atom stereocenters. The van der Waals surface area contributed by atoms with E-state index in [1.165, 1.54) is 12.1 Å². The zero-order valence-corrected chi connectivity index (χ0v) is 11.5. The lowest BCUT2D eigenvalue weighted by Gasteiger charge is -2.16. The van der Waals surface area contributed by atoms with Crippen LogP contribution in [0.5, 0.6) is 0 Å². The average molecular weight is 265 g/mol. The minimum absolute atomic E-state index is 0.0980. The summed E-state index contributed by atoms with van der Waals surface area (Å²) in [5.74, 6) is -1.21. The molecule has 0 radical (unpaired) electrons. The van der Waals surface area contributed by atoms with Crippen molar-refractivity contribution in [2.75, 3.05) is 0 Å². The van der Waals surface area contributed by atoms with Crippen molar-refractivity contribution in [3.8, 4) is 0 Å². The molecule has 1 atom stereocenters. The minimum atomic E-state index is -0.853. The van der Waals surface area contributed by atoms with Gasteiger partial charge in [-0.3, -0.25) is 4.68 Å². The average Bonchev–Trinajstić information content (AvgIpc) is 2.58. The van der Waals surface area contributed by atoms with Crippen LogP contribution in [0.3, 0.4) is 0 Å². The summed E-state index contributed by atoms with van der Waals surface area (Å²) in [7, 11) is 1.78. The van der Waals surface area contributed by atoms with E-state index in [2.05, 4.69) is 5.10 Å². The van der Waals surface area contributed by atoms with Gasteiger partial charge < -0.3 is 5.73 Å². The van der Waals surface area contributed by atoms with Gasteiger partial charge in [0.2, 0.25) is 0 Å². The smallest absolute Gasteiger partial charge is 0.134 e. The Hall–Kier alpha value is -1.75. The second-order valence-corrected chi connectivity index (χ2v) is 4.78. The standard InChI is InChI=1S/C14H17F2N3/c1-7-5-6-10(15)12(13(7)16)14(17)11-8(2)18-19(4)9(11)3/h5-6,14H,17H2,1-4H3. The monoisotopic (exact) mass is 265 g/mol. The third-order valence-corrected chi connectivity index (χ3v) is 3.51. The van der Waals surface area contributed by atoms with Crippen LogP contribution in [0.25, 0.3) is 0 Å². The van der Waals surface area contributed by atoms with Crippen molar-refractivity contribution in [3.05, 3.63) is 51.8 Å². The summed E-state index contributed by atoms with van der Waals surface area (Å²) in [6.45, 7) is 5.21. The van der Waals surface area contributed by atoms with Crippen molar-refractivity contribution in [2.45, 2.75) is 26.8 Å². The van der Waals surface area contributed by atoms with Gasteiger partial charge >= 0.3 is 0 Å². The molecule has 0 bridgehead atoms. The van der Waals surface area contributed by atoms with Gasteiger partial charge in [-0.05, 0) is 32.4 Å². The predicted molar refractivity (Wildman–Crippen MR) is 69.8 cm³/mol. The van der Waals surface area contributed by atoms with Crippen LogP contribution in [0.15, 0.2) is 12.1 Å². The Morgan fingerprint density at radius 2 is 1.79 bits per heavy atom. The molecule has 0 amide bonds. The van der Waals surface area contributed by atoms with Crippen LogP contribution in [0, 0.1) is 32.4 Å². The molecule has 19 heavy (non-hydrogen) atoms. The molecule has 1 aromatic carbocycles. The normalized spacial score (nSPS) is 12.8. The second kappa shape index (κ2) is 4.74. The number of rotatable bonds is 2. The third kappa shape index (κ3) is 2.14. The molecule has 0 aliphatic heterocycles. The van der Waals surface area contributed by atoms with E-state index >= 15 is 0 Å². The topological polar surface area (TPSA) is 43.8 Å². The fraction of sp³-hybridized carbons (Fsp3) is 0.357. The Bertz CT molecular complexity index is 632. The van der Waals surface area contributed by atoms with Gasteiger partial charge in [0.25, 0.3) is 0 Å². The summed E-state index contributed by atoms with van der Waals surface area (Å²) >= 11 is 0. The molecule has 102 valence electrons. The van der Waals surface area contributed by atoms with Gasteiger partial charge in [-0.15, -0.1) is 0 Å². The molecule has 2 aromatic rings. The minimum Gasteiger partial charge on any atom is -0.320 e. The number of hydrogen-bond donors (Lipinski definition) is 1. The van der Waals surface area contributed by atoms with Crippen molar-refractivity contribution < 1.29 is 8.78 Å². The lowest BCUT2D eigenvalue weighted by Crippen LogP contribution is -2.18. The molecule has 2 rings (SSSR count). The van der Waals surface area contributed by atoms with Gasteiger partial charge in [-0.1, -0.05) is 6.07 Å². The van der Waals surface area contributed by atoms with Crippen LogP contribution in [-0.4, -0.2) is 9.78 Å². The summed E-state index contributed by atoms with van der Waals surface area (Å²) in [5, 5.41) is 4.23. The van der Waals surface area contributed by atoms with Crippen LogP contribution in [0.1, 0.15) is 34.1 Å². The number of nitrogens with zero attached hydrogens (tertiary/aromatic N) is 2. The number of halogens is 2. The van der Waals surface area contributed by atoms with Crippen LogP contribution < -0.4 is 5.73 Å². The highest BCUT2D eigenvalue weighted by molar-refractivity contribution is 5.39. The zero-order valence-electron chi connectivity index (χ0n) is 11.5. The highest BCUT2D eigenvalue weighted by atomic mass is 19.1. The summed E-state index contributed by atoms with van der Waals surface area (Å²) < 4.78 is 29.7. The molecule has 0 spiro atoms. The largest absolute Gasteiger partial charge is 0.320 e. The summed E-state index contributed by atoms with van der Waals surface area (Å²) in [6, 6.07) is 1.80. The highest BCUT2D eigenvalue weighted by Crippen LogP contribution is 2.30. The van der Waals surface area contributed by atoms with E-state index in [1.807, 2.05) is 6.92 Å². The van der Waals surface area contributed by atoms with Gasteiger partial charge in [0, 0.05) is 23.9 Å². The van der Waals surface area contributed by atoms with Crippen LogP contribution in [-0.2, 0) is 7.05 Å². The van der Waals surface area contributed by atoms with E-state index in [9.17, 15) is 8.78 Å². The van der Waals surface area contributed by atoms with Gasteiger partial charge in [0.15, 0.2) is 0 Å². The number of nitrogens with two attached hydrogens (primary N) is 1. The zero-order chi connectivity index (χ0) is 14.3. The fourth-order valence-corrected chi connectivity index (χ4v) is 2.35. The Kier molecular flexibility index (Phi) is 3.41. The molecule has 0 fully saturated rings. The maximum atomic E-state index is 14.1. The van der Waals surface area contributed by atoms with Crippen molar-refractivity contribution in [2.24, 2.45) is 12.8 Å². The maximum Gasteiger partial charge on any atom is 0.134 e. The fourth-order valence-electron chi connectivity index (χ4n) is 2.35. The maximum absolute atomic E-state index is 14.1. The molecular formula is C14H17F2N3. The molecule has 1 aromatic heterocycles. The summed E-state index contributed by atoms with van der Waals surface area (Å²) in [5.41, 5.74) is 8.52. The van der Waals surface area contributed by atoms with Crippen molar-refractivity contribution in [1.29, 1.82) is 0 Å². The second-order valence-electron chi connectivity index (χ2n) is 4.78. The van der Waals surface area contributed by atoms with E-state index in [1.54, 1.807) is 25.6 Å². The summed E-state index contributed by atoms with van der Waals surface area (Å²) in [6.07, 6.45) is 0. The quantitative estimate of drug-likeness (QED) is 0.907. The third-order valence-electron chi connectivity index (χ3n) is 3.51. The lowest BCUT2D eigenvalue weighted by atomic mass is 9.95. The summed E-state index contributed by atoms with van der Waals surface area (Å²) in [4.78, 5) is 0. The Morgan fingerprint density at radius 1 is 1.16 bits per heavy atom. The van der Waals surface area contributed by atoms with Gasteiger partial charge in [-0.2, -0.15) is 5.10 Å². The molecule has 0 aliphatic carbocycles. The molecular weight excluding hydrogens is 248 g/mol. The number of aryl methyl sites for hydroxylation is 3. The Labute approximate surface area is 111 Å². The first-order valence-electron chi connectivity index (χ1n) is 6.04. The SMILES string of the molecule is Cc1ccc(F)c(C(N)c2c(C)nn(C)c2C)c1F. The van der Waals surface area contributed by atoms with Gasteiger partial charge in [0.1, 0.15) is 11.6 Å². The van der Waals surface area contributed by atoms with Crippen LogP contribution >= 0.6 is 0 Å². The molecule has 1 heterocycles. The molecule has 0 saturated heterocycles. The van der Waals surface area contributed by atoms with Crippen molar-refractivity contribution in [3.63, 3.8) is 0 Å². The lowest BCUT2D eigenvalue weighted by molar-refractivity contribution is 0.537. The van der Waals surface area contributed by atoms with Crippen molar-refractivity contribution in [1.82, 2.24) is 9.78 Å². The Balaban J connectivity index is 2.62. The van der Waals surface area contributed by atoms with E-state index in [0.717, 1.165) is 5.69 Å². The first-order chi connectivity index (χ1) is 8.84. The first-order valence-corrected chi connectivity index (χ1v) is 6.04. The highest BCUT2D eigenvalue weighted by Gasteiger charge is 2.24. The first kappa shape index (κ1) is 13.7. The van der Waals surface area contributed by atoms with Crippen molar-refractivity contribution >= 4 is 0 Å². The van der Waals surface area contributed by atoms with E-state index in [-0.39, 0.29) is 5.56 Å². The van der Waals surface area contributed by atoms with E-state index in [0.29, 0.717) is 16.8 Å². The number of benzene rings is 1. The van der Waals surface area contributed by atoms with Crippen LogP contribution in [0.2, 0.25) is 0 Å². The molecule has 3 nitrogen and oxygen atoms in total. The molecule has 2 N–H and O–H groups in total.